The second kappa shape index (κ2) is 4.58. The fourth-order valence-electron chi connectivity index (χ4n) is 2.74. The molecule has 1 aliphatic carbocycles. The standard InChI is InChI=1S/C15H16O3/c1-2-17-15(16)12-8-7-10-9-18-13-6-4-3-5-11(12)14(10)13/h3-4,7-8,13H,2,5-6,9H2,1H3. The normalized spacial score (nSPS) is 20.4. The van der Waals surface area contributed by atoms with Crippen LogP contribution in [0.1, 0.15) is 46.5 Å². The van der Waals surface area contributed by atoms with Gasteiger partial charge in [-0.2, -0.15) is 0 Å². The summed E-state index contributed by atoms with van der Waals surface area (Å²) < 4.78 is 10.9. The van der Waals surface area contributed by atoms with Crippen LogP contribution >= 0.6 is 0 Å². The highest BCUT2D eigenvalue weighted by Crippen LogP contribution is 2.39. The summed E-state index contributed by atoms with van der Waals surface area (Å²) >= 11 is 0. The van der Waals surface area contributed by atoms with Crippen LogP contribution in [0.25, 0.3) is 0 Å². The van der Waals surface area contributed by atoms with Gasteiger partial charge in [-0.1, -0.05) is 18.2 Å². The molecule has 3 rings (SSSR count). The van der Waals surface area contributed by atoms with Gasteiger partial charge in [-0.25, -0.2) is 4.79 Å². The van der Waals surface area contributed by atoms with Crippen LogP contribution in [-0.2, 0) is 22.5 Å². The molecule has 1 aromatic rings. The number of hydrogen-bond acceptors (Lipinski definition) is 3. The minimum Gasteiger partial charge on any atom is -0.462 e. The molecule has 3 nitrogen and oxygen atoms in total. The van der Waals surface area contributed by atoms with Crippen LogP contribution in [0.15, 0.2) is 24.3 Å². The lowest BCUT2D eigenvalue weighted by atomic mass is 9.93. The molecule has 1 atom stereocenters. The van der Waals surface area contributed by atoms with Gasteiger partial charge in [0.2, 0.25) is 0 Å². The molecular weight excluding hydrogens is 228 g/mol. The van der Waals surface area contributed by atoms with Crippen molar-refractivity contribution in [2.45, 2.75) is 32.5 Å². The van der Waals surface area contributed by atoms with Crippen LogP contribution < -0.4 is 0 Å². The first kappa shape index (κ1) is 11.5. The summed E-state index contributed by atoms with van der Waals surface area (Å²) in [5.74, 6) is -0.226. The smallest absolute Gasteiger partial charge is 0.338 e. The first-order valence-corrected chi connectivity index (χ1v) is 6.39. The second-order valence-electron chi connectivity index (χ2n) is 4.60. The van der Waals surface area contributed by atoms with Gasteiger partial charge in [0, 0.05) is 0 Å². The maximum absolute atomic E-state index is 12.0. The minimum absolute atomic E-state index is 0.114. The van der Waals surface area contributed by atoms with E-state index in [-0.39, 0.29) is 12.1 Å². The molecule has 0 radical (unpaired) electrons. The van der Waals surface area contributed by atoms with E-state index in [0.717, 1.165) is 18.4 Å². The van der Waals surface area contributed by atoms with Crippen molar-refractivity contribution in [3.05, 3.63) is 46.5 Å². The van der Waals surface area contributed by atoms with E-state index < -0.39 is 0 Å². The Bertz CT molecular complexity index is 517. The van der Waals surface area contributed by atoms with Gasteiger partial charge >= 0.3 is 5.97 Å². The average Bonchev–Trinajstić information content (AvgIpc) is 2.65. The van der Waals surface area contributed by atoms with E-state index in [0.29, 0.717) is 18.8 Å². The van der Waals surface area contributed by atoms with E-state index in [2.05, 4.69) is 12.2 Å². The van der Waals surface area contributed by atoms with Crippen molar-refractivity contribution in [1.82, 2.24) is 0 Å². The summed E-state index contributed by atoms with van der Waals surface area (Å²) in [5, 5.41) is 0. The molecule has 94 valence electrons. The van der Waals surface area contributed by atoms with E-state index >= 15 is 0 Å². The summed E-state index contributed by atoms with van der Waals surface area (Å²) in [6.07, 6.45) is 6.04. The lowest BCUT2D eigenvalue weighted by Gasteiger charge is -2.14. The molecule has 0 spiro atoms. The quantitative estimate of drug-likeness (QED) is 0.592. The summed E-state index contributed by atoms with van der Waals surface area (Å²) in [5.41, 5.74) is 4.21. The van der Waals surface area contributed by atoms with E-state index in [9.17, 15) is 4.79 Å². The molecule has 3 heteroatoms. The molecule has 2 aliphatic rings. The summed E-state index contributed by atoms with van der Waals surface area (Å²) in [6.45, 7) is 2.89. The highest BCUT2D eigenvalue weighted by Gasteiger charge is 2.29. The molecular formula is C15H16O3. The Morgan fingerprint density at radius 3 is 3.17 bits per heavy atom. The van der Waals surface area contributed by atoms with Gasteiger partial charge in [0.25, 0.3) is 0 Å². The maximum Gasteiger partial charge on any atom is 0.338 e. The second-order valence-corrected chi connectivity index (χ2v) is 4.60. The summed E-state index contributed by atoms with van der Waals surface area (Å²) in [4.78, 5) is 12.0. The number of esters is 1. The zero-order valence-electron chi connectivity index (χ0n) is 10.4. The Balaban J connectivity index is 2.10. The molecule has 18 heavy (non-hydrogen) atoms. The summed E-state index contributed by atoms with van der Waals surface area (Å²) in [6, 6.07) is 3.87. The van der Waals surface area contributed by atoms with Gasteiger partial charge in [0.1, 0.15) is 0 Å². The third-order valence-corrected chi connectivity index (χ3v) is 3.54. The molecule has 0 N–H and O–H groups in total. The number of carbonyl (C=O) groups excluding carboxylic acids is 1. The molecule has 1 aliphatic heterocycles. The predicted octanol–water partition coefficient (Wildman–Crippen LogP) is 2.94. The topological polar surface area (TPSA) is 35.5 Å². The van der Waals surface area contributed by atoms with Crippen molar-refractivity contribution in [2.24, 2.45) is 0 Å². The molecule has 0 saturated carbocycles. The van der Waals surface area contributed by atoms with Gasteiger partial charge in [0.15, 0.2) is 0 Å². The Labute approximate surface area is 106 Å². The third kappa shape index (κ3) is 1.75. The minimum atomic E-state index is -0.226. The molecule has 0 fully saturated rings. The number of carbonyl (C=O) groups is 1. The molecule has 0 aromatic heterocycles. The largest absolute Gasteiger partial charge is 0.462 e. The number of ether oxygens (including phenoxy) is 2. The highest BCUT2D eigenvalue weighted by molar-refractivity contribution is 5.92. The van der Waals surface area contributed by atoms with Crippen molar-refractivity contribution in [3.8, 4) is 0 Å². The summed E-state index contributed by atoms with van der Waals surface area (Å²) in [7, 11) is 0. The molecule has 0 saturated heterocycles. The van der Waals surface area contributed by atoms with E-state index in [4.69, 9.17) is 9.47 Å². The van der Waals surface area contributed by atoms with Crippen LogP contribution in [0.5, 0.6) is 0 Å². The highest BCUT2D eigenvalue weighted by atomic mass is 16.5. The average molecular weight is 244 g/mol. The van der Waals surface area contributed by atoms with Crippen LogP contribution in [0, 0.1) is 0 Å². The Hall–Kier alpha value is -1.61. The number of benzene rings is 1. The zero-order chi connectivity index (χ0) is 12.5. The van der Waals surface area contributed by atoms with Gasteiger partial charge in [-0.3, -0.25) is 0 Å². The fraction of sp³-hybridized carbons (Fsp3) is 0.400. The van der Waals surface area contributed by atoms with Crippen molar-refractivity contribution in [1.29, 1.82) is 0 Å². The Kier molecular flexibility index (Phi) is 2.92. The molecule has 0 amide bonds. The van der Waals surface area contributed by atoms with Gasteiger partial charge in [-0.15, -0.1) is 0 Å². The SMILES string of the molecule is CCOC(=O)c1ccc2c3c1CC=CCC3OC2. The lowest BCUT2D eigenvalue weighted by Crippen LogP contribution is -2.10. The fourth-order valence-corrected chi connectivity index (χ4v) is 2.74. The van der Waals surface area contributed by atoms with E-state index in [1.165, 1.54) is 11.1 Å². The molecule has 1 heterocycles. The Morgan fingerprint density at radius 1 is 1.44 bits per heavy atom. The van der Waals surface area contributed by atoms with E-state index in [1.54, 1.807) is 0 Å². The van der Waals surface area contributed by atoms with Crippen molar-refractivity contribution in [2.75, 3.05) is 6.61 Å². The van der Waals surface area contributed by atoms with Crippen molar-refractivity contribution < 1.29 is 14.3 Å². The van der Waals surface area contributed by atoms with Gasteiger partial charge in [0.05, 0.1) is 24.9 Å². The number of allylic oxidation sites excluding steroid dienone is 1. The number of rotatable bonds is 2. The lowest BCUT2D eigenvalue weighted by molar-refractivity contribution is 0.0524. The van der Waals surface area contributed by atoms with Crippen LogP contribution in [-0.4, -0.2) is 12.6 Å². The van der Waals surface area contributed by atoms with E-state index in [1.807, 2.05) is 19.1 Å². The van der Waals surface area contributed by atoms with Crippen molar-refractivity contribution in [3.63, 3.8) is 0 Å². The third-order valence-electron chi connectivity index (χ3n) is 3.54. The molecule has 0 bridgehead atoms. The predicted molar refractivity (Wildman–Crippen MR) is 67.4 cm³/mol. The first-order valence-electron chi connectivity index (χ1n) is 6.39. The van der Waals surface area contributed by atoms with Crippen molar-refractivity contribution >= 4 is 5.97 Å². The number of hydrogen-bond donors (Lipinski definition) is 0. The van der Waals surface area contributed by atoms with Crippen LogP contribution in [0.3, 0.4) is 0 Å². The van der Waals surface area contributed by atoms with Crippen LogP contribution in [0.4, 0.5) is 0 Å². The van der Waals surface area contributed by atoms with Gasteiger partial charge < -0.3 is 9.47 Å². The Morgan fingerprint density at radius 2 is 2.33 bits per heavy atom. The molecule has 1 aromatic carbocycles. The maximum atomic E-state index is 12.0. The molecule has 1 unspecified atom stereocenters. The van der Waals surface area contributed by atoms with Crippen LogP contribution in [0.2, 0.25) is 0 Å². The zero-order valence-corrected chi connectivity index (χ0v) is 10.4. The van der Waals surface area contributed by atoms with Gasteiger partial charge in [-0.05, 0) is 42.5 Å². The monoisotopic (exact) mass is 244 g/mol. The first-order chi connectivity index (χ1) is 8.81.